The summed E-state index contributed by atoms with van der Waals surface area (Å²) in [6.07, 6.45) is 3.43. The Morgan fingerprint density at radius 3 is 2.19 bits per heavy atom. The van der Waals surface area contributed by atoms with Crippen molar-refractivity contribution < 1.29 is 4.79 Å². The maximum absolute atomic E-state index is 13.9. The molecule has 140 valence electrons. The molecule has 3 nitrogen and oxygen atoms in total. The first kappa shape index (κ1) is 17.2. The molecule has 3 aliphatic rings. The quantitative estimate of drug-likeness (QED) is 0.536. The molecule has 2 heterocycles. The van der Waals surface area contributed by atoms with Gasteiger partial charge >= 0.3 is 6.03 Å². The fraction of sp³-hybridized carbons (Fsp3) is 0.435. The third-order valence-corrected chi connectivity index (χ3v) is 7.41. The first-order valence-corrected chi connectivity index (χ1v) is 10.6. The predicted molar refractivity (Wildman–Crippen MR) is 111 cm³/mol. The standard InChI is InChI=1S/C23H26N2OS/c1-22(2)12-16-13-23(3,14-22)15-24(16)21(26)25-17-8-4-6-10-19(17)27-20-11-7-5-9-18(20)25/h4-11,16H,12-15H2,1-3H3/t16-,23-/m1/s1. The summed E-state index contributed by atoms with van der Waals surface area (Å²) in [5.74, 6) is 0. The zero-order chi connectivity index (χ0) is 18.8. The van der Waals surface area contributed by atoms with Gasteiger partial charge in [0.25, 0.3) is 0 Å². The van der Waals surface area contributed by atoms with Crippen LogP contribution in [0.4, 0.5) is 16.2 Å². The largest absolute Gasteiger partial charge is 0.329 e. The van der Waals surface area contributed by atoms with Crippen molar-refractivity contribution >= 4 is 29.2 Å². The van der Waals surface area contributed by atoms with E-state index in [9.17, 15) is 4.79 Å². The van der Waals surface area contributed by atoms with Gasteiger partial charge in [0.2, 0.25) is 0 Å². The average Bonchev–Trinajstić information content (AvgIpc) is 2.87. The first-order valence-electron chi connectivity index (χ1n) is 9.82. The topological polar surface area (TPSA) is 23.6 Å². The number of likely N-dealkylation sites (tertiary alicyclic amines) is 1. The summed E-state index contributed by atoms with van der Waals surface area (Å²) in [7, 11) is 0. The van der Waals surface area contributed by atoms with Gasteiger partial charge in [-0.25, -0.2) is 4.79 Å². The van der Waals surface area contributed by atoms with Gasteiger partial charge in [-0.1, -0.05) is 56.8 Å². The number of hydrogen-bond acceptors (Lipinski definition) is 2. The van der Waals surface area contributed by atoms with Gasteiger partial charge in [-0.05, 0) is 54.4 Å². The van der Waals surface area contributed by atoms with Crippen LogP contribution in [0.25, 0.3) is 0 Å². The summed E-state index contributed by atoms with van der Waals surface area (Å²) in [5, 5.41) is 0. The highest BCUT2D eigenvalue weighted by molar-refractivity contribution is 7.99. The zero-order valence-electron chi connectivity index (χ0n) is 16.2. The van der Waals surface area contributed by atoms with Gasteiger partial charge in [0.15, 0.2) is 0 Å². The maximum Gasteiger partial charge on any atom is 0.329 e. The van der Waals surface area contributed by atoms with Crippen LogP contribution in [0.3, 0.4) is 0 Å². The fourth-order valence-electron chi connectivity index (χ4n) is 5.72. The van der Waals surface area contributed by atoms with Gasteiger partial charge in [0, 0.05) is 22.4 Å². The molecule has 27 heavy (non-hydrogen) atoms. The number of carbonyl (C=O) groups excluding carboxylic acids is 1. The van der Waals surface area contributed by atoms with Crippen LogP contribution >= 0.6 is 11.8 Å². The Labute approximate surface area is 165 Å². The third-order valence-electron chi connectivity index (χ3n) is 6.28. The molecule has 0 radical (unpaired) electrons. The van der Waals surface area contributed by atoms with Crippen LogP contribution < -0.4 is 4.90 Å². The van der Waals surface area contributed by atoms with E-state index in [4.69, 9.17) is 0 Å². The number of benzene rings is 2. The molecule has 5 rings (SSSR count). The minimum atomic E-state index is 0.140. The van der Waals surface area contributed by atoms with Gasteiger partial charge < -0.3 is 4.90 Å². The highest BCUT2D eigenvalue weighted by atomic mass is 32.2. The van der Waals surface area contributed by atoms with E-state index in [1.54, 1.807) is 11.8 Å². The Balaban J connectivity index is 1.56. The molecule has 2 bridgehead atoms. The number of para-hydroxylation sites is 2. The second-order valence-corrected chi connectivity index (χ2v) is 10.6. The van der Waals surface area contributed by atoms with E-state index < -0.39 is 0 Å². The Kier molecular flexibility index (Phi) is 3.68. The summed E-state index contributed by atoms with van der Waals surface area (Å²) >= 11 is 1.75. The molecular weight excluding hydrogens is 352 g/mol. The third kappa shape index (κ3) is 2.77. The molecule has 1 saturated carbocycles. The van der Waals surface area contributed by atoms with Gasteiger partial charge in [0.05, 0.1) is 11.4 Å². The van der Waals surface area contributed by atoms with Crippen molar-refractivity contribution in [3.8, 4) is 0 Å². The molecule has 0 unspecified atom stereocenters. The Morgan fingerprint density at radius 1 is 0.963 bits per heavy atom. The number of nitrogens with zero attached hydrogens (tertiary/aromatic N) is 2. The molecule has 2 aromatic carbocycles. The molecule has 2 aromatic rings. The van der Waals surface area contributed by atoms with Gasteiger partial charge in [-0.3, -0.25) is 4.90 Å². The SMILES string of the molecule is CC1(C)C[C@@H]2C[C@@](C)(CN2C(=O)N2c3ccccc3Sc3ccccc32)C1. The minimum absolute atomic E-state index is 0.140. The lowest BCUT2D eigenvalue weighted by molar-refractivity contribution is 0.130. The number of hydrogen-bond donors (Lipinski definition) is 0. The first-order chi connectivity index (χ1) is 12.9. The van der Waals surface area contributed by atoms with Crippen LogP contribution in [-0.4, -0.2) is 23.5 Å². The summed E-state index contributed by atoms with van der Waals surface area (Å²) in [6.45, 7) is 7.94. The van der Waals surface area contributed by atoms with Crippen molar-refractivity contribution in [2.75, 3.05) is 11.4 Å². The van der Waals surface area contributed by atoms with Crippen molar-refractivity contribution in [3.05, 3.63) is 48.5 Å². The number of rotatable bonds is 0. The lowest BCUT2D eigenvalue weighted by Crippen LogP contribution is -2.45. The molecule has 2 fully saturated rings. The van der Waals surface area contributed by atoms with E-state index in [0.717, 1.165) is 40.6 Å². The molecule has 1 saturated heterocycles. The molecule has 0 aromatic heterocycles. The van der Waals surface area contributed by atoms with Crippen molar-refractivity contribution in [2.45, 2.75) is 55.9 Å². The van der Waals surface area contributed by atoms with Crippen LogP contribution in [0.5, 0.6) is 0 Å². The average molecular weight is 379 g/mol. The summed E-state index contributed by atoms with van der Waals surface area (Å²) in [5.41, 5.74) is 2.57. The van der Waals surface area contributed by atoms with E-state index in [2.05, 4.69) is 62.1 Å². The van der Waals surface area contributed by atoms with Gasteiger partial charge in [-0.15, -0.1) is 0 Å². The summed E-state index contributed by atoms with van der Waals surface area (Å²) < 4.78 is 0. The van der Waals surface area contributed by atoms with Crippen molar-refractivity contribution in [1.29, 1.82) is 0 Å². The fourth-order valence-corrected chi connectivity index (χ4v) is 6.78. The van der Waals surface area contributed by atoms with Crippen LogP contribution in [0, 0.1) is 10.8 Å². The van der Waals surface area contributed by atoms with Crippen LogP contribution in [0.1, 0.15) is 40.0 Å². The van der Waals surface area contributed by atoms with Gasteiger partial charge in [0.1, 0.15) is 0 Å². The number of fused-ring (bicyclic) bond motifs is 4. The highest BCUT2D eigenvalue weighted by Crippen LogP contribution is 2.54. The molecular formula is C23H26N2OS. The minimum Gasteiger partial charge on any atom is -0.320 e. The molecule has 0 N–H and O–H groups in total. The highest BCUT2D eigenvalue weighted by Gasteiger charge is 2.52. The van der Waals surface area contributed by atoms with Crippen LogP contribution in [0.15, 0.2) is 58.3 Å². The van der Waals surface area contributed by atoms with Crippen molar-refractivity contribution in [2.24, 2.45) is 10.8 Å². The van der Waals surface area contributed by atoms with E-state index in [0.29, 0.717) is 11.5 Å². The lowest BCUT2D eigenvalue weighted by Gasteiger charge is -2.40. The van der Waals surface area contributed by atoms with E-state index >= 15 is 0 Å². The maximum atomic E-state index is 13.9. The smallest absolute Gasteiger partial charge is 0.320 e. The number of anilines is 2. The summed E-state index contributed by atoms with van der Waals surface area (Å²) in [4.78, 5) is 20.3. The second-order valence-electron chi connectivity index (χ2n) is 9.50. The van der Waals surface area contributed by atoms with E-state index in [1.807, 2.05) is 17.0 Å². The van der Waals surface area contributed by atoms with Crippen molar-refractivity contribution in [1.82, 2.24) is 4.90 Å². The molecule has 2 amide bonds. The number of urea groups is 1. The monoisotopic (exact) mass is 378 g/mol. The number of amides is 2. The molecule has 1 aliphatic carbocycles. The molecule has 4 heteroatoms. The predicted octanol–water partition coefficient (Wildman–Crippen LogP) is 6.31. The zero-order valence-corrected chi connectivity index (χ0v) is 17.1. The lowest BCUT2D eigenvalue weighted by atomic mass is 9.65. The Morgan fingerprint density at radius 2 is 1.56 bits per heavy atom. The molecule has 0 spiro atoms. The number of carbonyl (C=O) groups is 1. The Hall–Kier alpha value is -1.94. The molecule has 2 atom stereocenters. The van der Waals surface area contributed by atoms with Crippen molar-refractivity contribution in [3.63, 3.8) is 0 Å². The van der Waals surface area contributed by atoms with Crippen LogP contribution in [0.2, 0.25) is 0 Å². The molecule has 2 aliphatic heterocycles. The Bertz CT molecular complexity index is 879. The van der Waals surface area contributed by atoms with E-state index in [1.165, 1.54) is 6.42 Å². The van der Waals surface area contributed by atoms with Gasteiger partial charge in [-0.2, -0.15) is 0 Å². The summed E-state index contributed by atoms with van der Waals surface area (Å²) in [6, 6.07) is 17.0. The second kappa shape index (κ2) is 5.78. The van der Waals surface area contributed by atoms with E-state index in [-0.39, 0.29) is 11.4 Å². The van der Waals surface area contributed by atoms with Crippen LogP contribution in [-0.2, 0) is 0 Å². The normalized spacial score (nSPS) is 27.9.